The number of aliphatic imine (C=N–C) groups is 1. The minimum absolute atomic E-state index is 0.360. The van der Waals surface area contributed by atoms with Gasteiger partial charge in [-0.05, 0) is 18.2 Å². The van der Waals surface area contributed by atoms with E-state index in [1.165, 1.54) is 6.20 Å². The zero-order chi connectivity index (χ0) is 23.9. The molecule has 0 unspecified atom stereocenters. The SMILES string of the molecule is CN=C/C(=C\N)c1cnc2ccc(N(Cc3ncccn3)c3cc(OC)cc(OC)c3)nc2n1. The van der Waals surface area contributed by atoms with Crippen molar-refractivity contribution >= 4 is 34.5 Å². The molecule has 3 heterocycles. The average molecular weight is 457 g/mol. The third-order valence-corrected chi connectivity index (χ3v) is 4.98. The third kappa shape index (κ3) is 4.90. The summed E-state index contributed by atoms with van der Waals surface area (Å²) in [5, 5.41) is 0. The van der Waals surface area contributed by atoms with E-state index >= 15 is 0 Å². The van der Waals surface area contributed by atoms with E-state index in [0.29, 0.717) is 52.1 Å². The molecule has 2 N–H and O–H groups in total. The predicted octanol–water partition coefficient (Wildman–Crippen LogP) is 3.17. The van der Waals surface area contributed by atoms with E-state index in [0.717, 1.165) is 5.69 Å². The Kier molecular flexibility index (Phi) is 6.87. The van der Waals surface area contributed by atoms with Gasteiger partial charge in [-0.25, -0.2) is 19.9 Å². The van der Waals surface area contributed by atoms with Crippen LogP contribution in [0.15, 0.2) is 66.2 Å². The molecule has 0 aliphatic carbocycles. The predicted molar refractivity (Wildman–Crippen MR) is 131 cm³/mol. The van der Waals surface area contributed by atoms with Crippen molar-refractivity contribution in [2.24, 2.45) is 10.7 Å². The Morgan fingerprint density at radius 1 is 1.03 bits per heavy atom. The summed E-state index contributed by atoms with van der Waals surface area (Å²) in [5.41, 5.74) is 8.87. The summed E-state index contributed by atoms with van der Waals surface area (Å²) >= 11 is 0. The number of methoxy groups -OCH3 is 2. The number of hydrogen-bond acceptors (Lipinski definition) is 10. The topological polar surface area (TPSA) is 125 Å². The van der Waals surface area contributed by atoms with E-state index in [9.17, 15) is 0 Å². The zero-order valence-corrected chi connectivity index (χ0v) is 19.1. The van der Waals surface area contributed by atoms with Crippen LogP contribution in [0.4, 0.5) is 11.5 Å². The lowest BCUT2D eigenvalue weighted by Gasteiger charge is -2.24. The van der Waals surface area contributed by atoms with E-state index in [4.69, 9.17) is 20.2 Å². The summed E-state index contributed by atoms with van der Waals surface area (Å²) in [4.78, 5) is 28.7. The number of ether oxygens (including phenoxy) is 2. The maximum absolute atomic E-state index is 5.74. The Bertz CT molecular complexity index is 1320. The van der Waals surface area contributed by atoms with Crippen molar-refractivity contribution in [2.75, 3.05) is 26.2 Å². The first-order chi connectivity index (χ1) is 16.6. The number of nitrogens with zero attached hydrogens (tertiary/aromatic N) is 7. The molecule has 34 heavy (non-hydrogen) atoms. The van der Waals surface area contributed by atoms with Crippen molar-refractivity contribution in [3.05, 3.63) is 72.7 Å². The fraction of sp³-hybridized carbons (Fsp3) is 0.167. The van der Waals surface area contributed by atoms with E-state index in [1.807, 2.05) is 35.2 Å². The van der Waals surface area contributed by atoms with Gasteiger partial charge in [-0.2, -0.15) is 0 Å². The Balaban J connectivity index is 1.84. The van der Waals surface area contributed by atoms with Gasteiger partial charge in [-0.1, -0.05) is 0 Å². The number of nitrogens with two attached hydrogens (primary N) is 1. The molecule has 4 rings (SSSR count). The molecule has 0 saturated carbocycles. The first kappa shape index (κ1) is 22.6. The highest BCUT2D eigenvalue weighted by atomic mass is 16.5. The molecule has 0 aliphatic rings. The highest BCUT2D eigenvalue weighted by Gasteiger charge is 2.17. The Morgan fingerprint density at radius 2 is 1.76 bits per heavy atom. The van der Waals surface area contributed by atoms with Gasteiger partial charge in [0.2, 0.25) is 0 Å². The Labute approximate surface area is 196 Å². The molecular weight excluding hydrogens is 432 g/mol. The number of pyridine rings is 1. The first-order valence-corrected chi connectivity index (χ1v) is 10.4. The van der Waals surface area contributed by atoms with Crippen LogP contribution in [0.1, 0.15) is 11.5 Å². The summed E-state index contributed by atoms with van der Waals surface area (Å²) in [6.45, 7) is 0.360. The molecule has 172 valence electrons. The molecule has 0 spiro atoms. The summed E-state index contributed by atoms with van der Waals surface area (Å²) in [5.74, 6) is 2.54. The molecule has 10 heteroatoms. The summed E-state index contributed by atoms with van der Waals surface area (Å²) < 4.78 is 10.9. The number of aromatic nitrogens is 5. The fourth-order valence-corrected chi connectivity index (χ4v) is 3.32. The van der Waals surface area contributed by atoms with Crippen molar-refractivity contribution in [1.29, 1.82) is 0 Å². The monoisotopic (exact) mass is 456 g/mol. The smallest absolute Gasteiger partial charge is 0.180 e. The molecular formula is C24H24N8O2. The van der Waals surface area contributed by atoms with Crippen molar-refractivity contribution < 1.29 is 9.47 Å². The van der Waals surface area contributed by atoms with Gasteiger partial charge >= 0.3 is 0 Å². The van der Waals surface area contributed by atoms with Gasteiger partial charge in [-0.3, -0.25) is 9.98 Å². The molecule has 0 saturated heterocycles. The molecule has 0 fully saturated rings. The van der Waals surface area contributed by atoms with Gasteiger partial charge in [0.05, 0.1) is 38.3 Å². The Hall–Kier alpha value is -4.60. The lowest BCUT2D eigenvalue weighted by atomic mass is 10.2. The average Bonchev–Trinajstić information content (AvgIpc) is 2.90. The zero-order valence-electron chi connectivity index (χ0n) is 19.1. The van der Waals surface area contributed by atoms with E-state index in [-0.39, 0.29) is 0 Å². The molecule has 0 bridgehead atoms. The third-order valence-electron chi connectivity index (χ3n) is 4.98. The Morgan fingerprint density at radius 3 is 2.41 bits per heavy atom. The van der Waals surface area contributed by atoms with Crippen molar-refractivity contribution in [1.82, 2.24) is 24.9 Å². The number of rotatable bonds is 8. The normalized spacial score (nSPS) is 11.7. The second-order valence-corrected chi connectivity index (χ2v) is 7.10. The molecule has 10 nitrogen and oxygen atoms in total. The van der Waals surface area contributed by atoms with Crippen LogP contribution in [0.25, 0.3) is 16.7 Å². The van der Waals surface area contributed by atoms with E-state index in [2.05, 4.69) is 24.9 Å². The summed E-state index contributed by atoms with van der Waals surface area (Å²) in [6.07, 6.45) is 8.12. The van der Waals surface area contributed by atoms with Gasteiger partial charge in [0, 0.05) is 55.6 Å². The van der Waals surface area contributed by atoms with Crippen LogP contribution in [-0.4, -0.2) is 52.4 Å². The molecule has 0 amide bonds. The maximum Gasteiger partial charge on any atom is 0.180 e. The van der Waals surface area contributed by atoms with Crippen molar-refractivity contribution in [3.8, 4) is 11.5 Å². The molecule has 4 aromatic rings. The van der Waals surface area contributed by atoms with Crippen LogP contribution in [0.3, 0.4) is 0 Å². The van der Waals surface area contributed by atoms with Gasteiger partial charge in [0.15, 0.2) is 5.65 Å². The minimum Gasteiger partial charge on any atom is -0.497 e. The standard InChI is InChI=1S/C24H24N8O2/c1-26-13-16(12-25)21-14-29-20-5-6-23(31-24(20)30-21)32(15-22-27-7-4-8-28-22)17-9-18(33-2)11-19(10-17)34-3/h4-14H,15,25H2,1-3H3/b16-12+,26-13?. The number of anilines is 2. The molecule has 1 aromatic carbocycles. The minimum atomic E-state index is 0.360. The fourth-order valence-electron chi connectivity index (χ4n) is 3.32. The van der Waals surface area contributed by atoms with E-state index < -0.39 is 0 Å². The van der Waals surface area contributed by atoms with Crippen LogP contribution in [0.2, 0.25) is 0 Å². The van der Waals surface area contributed by atoms with Crippen LogP contribution >= 0.6 is 0 Å². The second-order valence-electron chi connectivity index (χ2n) is 7.10. The van der Waals surface area contributed by atoms with Crippen LogP contribution in [0.5, 0.6) is 11.5 Å². The summed E-state index contributed by atoms with van der Waals surface area (Å²) in [6, 6.07) is 11.1. The molecule has 0 atom stereocenters. The summed E-state index contributed by atoms with van der Waals surface area (Å²) in [7, 11) is 4.88. The molecule has 0 radical (unpaired) electrons. The first-order valence-electron chi connectivity index (χ1n) is 10.4. The quantitative estimate of drug-likeness (QED) is 0.398. The van der Waals surface area contributed by atoms with Crippen molar-refractivity contribution in [3.63, 3.8) is 0 Å². The van der Waals surface area contributed by atoms with E-state index in [1.54, 1.807) is 52.1 Å². The number of hydrogen-bond donors (Lipinski definition) is 1. The lowest BCUT2D eigenvalue weighted by molar-refractivity contribution is 0.394. The van der Waals surface area contributed by atoms with Crippen LogP contribution in [-0.2, 0) is 6.54 Å². The van der Waals surface area contributed by atoms with Crippen LogP contribution < -0.4 is 20.1 Å². The molecule has 0 aliphatic heterocycles. The van der Waals surface area contributed by atoms with Gasteiger partial charge in [0.25, 0.3) is 0 Å². The van der Waals surface area contributed by atoms with Gasteiger partial charge in [-0.15, -0.1) is 0 Å². The lowest BCUT2D eigenvalue weighted by Crippen LogP contribution is -2.19. The van der Waals surface area contributed by atoms with Gasteiger partial charge < -0.3 is 20.1 Å². The highest BCUT2D eigenvalue weighted by Crippen LogP contribution is 2.33. The van der Waals surface area contributed by atoms with Gasteiger partial charge in [0.1, 0.15) is 28.7 Å². The molecule has 3 aromatic heterocycles. The van der Waals surface area contributed by atoms with Crippen LogP contribution in [0, 0.1) is 0 Å². The van der Waals surface area contributed by atoms with Crippen molar-refractivity contribution in [2.45, 2.75) is 6.54 Å². The number of benzene rings is 1. The number of allylic oxidation sites excluding steroid dienone is 1. The number of fused-ring (bicyclic) bond motifs is 1. The highest BCUT2D eigenvalue weighted by molar-refractivity contribution is 6.09. The largest absolute Gasteiger partial charge is 0.497 e. The second kappa shape index (κ2) is 10.3. The maximum atomic E-state index is 5.74.